The Kier molecular flexibility index (Phi) is 3.50. The van der Waals surface area contributed by atoms with Gasteiger partial charge in [0.1, 0.15) is 0 Å². The van der Waals surface area contributed by atoms with Crippen LogP contribution in [0.4, 0.5) is 0 Å². The Hall–Kier alpha value is -2.53. The van der Waals surface area contributed by atoms with Gasteiger partial charge in [-0.1, -0.05) is 36.4 Å². The lowest BCUT2D eigenvalue weighted by Crippen LogP contribution is -2.47. The number of ether oxygens (including phenoxy) is 3. The number of rotatable bonds is 3. The smallest absolute Gasteiger partial charge is 0.240 e. The van der Waals surface area contributed by atoms with E-state index in [2.05, 4.69) is 0 Å². The molecule has 0 saturated heterocycles. The summed E-state index contributed by atoms with van der Waals surface area (Å²) in [5, 5.41) is 10.7. The molecule has 0 fully saturated rings. The van der Waals surface area contributed by atoms with Crippen LogP contribution in [0, 0.1) is 0 Å². The lowest BCUT2D eigenvalue weighted by atomic mass is 9.84. The predicted octanol–water partition coefficient (Wildman–Crippen LogP) is 2.15. The van der Waals surface area contributed by atoms with Crippen molar-refractivity contribution in [2.45, 2.75) is 12.0 Å². The van der Waals surface area contributed by atoms with Crippen molar-refractivity contribution in [3.05, 3.63) is 65.3 Å². The van der Waals surface area contributed by atoms with Crippen molar-refractivity contribution in [1.29, 1.82) is 0 Å². The topological polar surface area (TPSA) is 65.0 Å². The highest BCUT2D eigenvalue weighted by atomic mass is 16.6. The average Bonchev–Trinajstić information content (AvgIpc) is 2.56. The van der Waals surface area contributed by atoms with Crippen LogP contribution in [0.3, 0.4) is 0 Å². The monoisotopic (exact) mass is 300 g/mol. The van der Waals surface area contributed by atoms with E-state index in [1.807, 2.05) is 18.2 Å². The van der Waals surface area contributed by atoms with Crippen LogP contribution in [-0.2, 0) is 19.0 Å². The quantitative estimate of drug-likeness (QED) is 0.926. The highest BCUT2D eigenvalue weighted by Crippen LogP contribution is 2.42. The van der Waals surface area contributed by atoms with Crippen molar-refractivity contribution in [3.63, 3.8) is 0 Å². The van der Waals surface area contributed by atoms with Gasteiger partial charge in [-0.05, 0) is 6.08 Å². The summed E-state index contributed by atoms with van der Waals surface area (Å²) in [6.45, 7) is 0. The minimum atomic E-state index is -1.79. The number of hydrogen-bond donors (Lipinski definition) is 1. The average molecular weight is 300 g/mol. The Balaban J connectivity index is 2.20. The number of carbonyl (C=O) groups is 1. The van der Waals surface area contributed by atoms with Crippen molar-refractivity contribution >= 4 is 11.5 Å². The maximum absolute atomic E-state index is 12.7. The summed E-state index contributed by atoms with van der Waals surface area (Å²) in [5.41, 5.74) is -1.10. The highest BCUT2D eigenvalue weighted by molar-refractivity contribution is 6.08. The van der Waals surface area contributed by atoms with E-state index in [9.17, 15) is 9.90 Å². The molecule has 1 unspecified atom stereocenters. The van der Waals surface area contributed by atoms with Gasteiger partial charge in [0.2, 0.25) is 11.5 Å². The van der Waals surface area contributed by atoms with E-state index >= 15 is 0 Å². The molecule has 0 saturated carbocycles. The fourth-order valence-electron chi connectivity index (χ4n) is 2.60. The summed E-state index contributed by atoms with van der Waals surface area (Å²) < 4.78 is 16.3. The fourth-order valence-corrected chi connectivity index (χ4v) is 2.60. The number of fused-ring (bicyclic) bond motifs is 1. The fraction of sp³-hybridized carbons (Fsp3) is 0.235. The summed E-state index contributed by atoms with van der Waals surface area (Å²) in [6.07, 6.45) is 3.46. The molecule has 1 aliphatic heterocycles. The molecule has 5 heteroatoms. The molecule has 0 bridgehead atoms. The molecule has 1 N–H and O–H groups in total. The van der Waals surface area contributed by atoms with Gasteiger partial charge in [-0.3, -0.25) is 4.79 Å². The third-order valence-corrected chi connectivity index (χ3v) is 3.73. The maximum atomic E-state index is 12.7. The van der Waals surface area contributed by atoms with Crippen molar-refractivity contribution in [2.24, 2.45) is 0 Å². The molecule has 1 aromatic rings. The van der Waals surface area contributed by atoms with Crippen LogP contribution in [0.2, 0.25) is 0 Å². The maximum Gasteiger partial charge on any atom is 0.240 e. The van der Waals surface area contributed by atoms with E-state index in [0.29, 0.717) is 11.3 Å². The van der Waals surface area contributed by atoms with Crippen LogP contribution in [-0.4, -0.2) is 30.7 Å². The summed E-state index contributed by atoms with van der Waals surface area (Å²) in [4.78, 5) is 12.7. The van der Waals surface area contributed by atoms with Gasteiger partial charge in [0.25, 0.3) is 0 Å². The Bertz CT molecular complexity index is 699. The first-order chi connectivity index (χ1) is 10.6. The van der Waals surface area contributed by atoms with Crippen LogP contribution in [0.25, 0.3) is 5.76 Å². The van der Waals surface area contributed by atoms with Crippen molar-refractivity contribution < 1.29 is 24.1 Å². The second kappa shape index (κ2) is 5.35. The summed E-state index contributed by atoms with van der Waals surface area (Å²) in [5.74, 6) is 0.169. The van der Waals surface area contributed by atoms with E-state index < -0.39 is 11.4 Å². The Morgan fingerprint density at radius 3 is 2.55 bits per heavy atom. The molecule has 1 atom stereocenters. The first-order valence-electron chi connectivity index (χ1n) is 6.86. The number of hydrogen-bond acceptors (Lipinski definition) is 5. The molecule has 0 spiro atoms. The SMILES string of the molecule is COC1=C2OC(c3ccccc3)=C(OC)C(=O)C2(O)CC=C1. The van der Waals surface area contributed by atoms with E-state index in [1.165, 1.54) is 14.2 Å². The van der Waals surface area contributed by atoms with Gasteiger partial charge in [0.15, 0.2) is 22.9 Å². The molecular formula is C17H16O5. The third-order valence-electron chi connectivity index (χ3n) is 3.73. The zero-order valence-electron chi connectivity index (χ0n) is 12.3. The van der Waals surface area contributed by atoms with Crippen LogP contribution in [0.5, 0.6) is 0 Å². The zero-order chi connectivity index (χ0) is 15.7. The Morgan fingerprint density at radius 2 is 1.91 bits per heavy atom. The number of allylic oxidation sites excluding steroid dienone is 1. The van der Waals surface area contributed by atoms with Gasteiger partial charge in [-0.15, -0.1) is 0 Å². The molecule has 1 aliphatic carbocycles. The Labute approximate surface area is 128 Å². The third kappa shape index (κ3) is 2.02. The molecular weight excluding hydrogens is 284 g/mol. The van der Waals surface area contributed by atoms with E-state index in [4.69, 9.17) is 14.2 Å². The van der Waals surface area contributed by atoms with E-state index in [1.54, 1.807) is 24.3 Å². The van der Waals surface area contributed by atoms with E-state index in [0.717, 1.165) is 0 Å². The van der Waals surface area contributed by atoms with Gasteiger partial charge in [-0.25, -0.2) is 0 Å². The second-order valence-electron chi connectivity index (χ2n) is 5.02. The van der Waals surface area contributed by atoms with Crippen molar-refractivity contribution in [3.8, 4) is 0 Å². The van der Waals surface area contributed by atoms with Crippen molar-refractivity contribution in [1.82, 2.24) is 0 Å². The van der Waals surface area contributed by atoms with Crippen LogP contribution < -0.4 is 0 Å². The molecule has 0 amide bonds. The van der Waals surface area contributed by atoms with Crippen molar-refractivity contribution in [2.75, 3.05) is 14.2 Å². The molecule has 2 aliphatic rings. The molecule has 22 heavy (non-hydrogen) atoms. The number of carbonyl (C=O) groups excluding carboxylic acids is 1. The van der Waals surface area contributed by atoms with Crippen LogP contribution >= 0.6 is 0 Å². The summed E-state index contributed by atoms with van der Waals surface area (Å²) in [7, 11) is 2.84. The zero-order valence-corrected chi connectivity index (χ0v) is 12.3. The van der Waals surface area contributed by atoms with Crippen LogP contribution in [0.15, 0.2) is 59.8 Å². The predicted molar refractivity (Wildman–Crippen MR) is 79.2 cm³/mol. The normalized spacial score (nSPS) is 24.0. The first kappa shape index (κ1) is 14.4. The van der Waals surface area contributed by atoms with Gasteiger partial charge in [0, 0.05) is 12.0 Å². The van der Waals surface area contributed by atoms with Gasteiger partial charge < -0.3 is 19.3 Å². The number of ketones is 1. The summed E-state index contributed by atoms with van der Waals surface area (Å²) in [6, 6.07) is 9.13. The molecule has 3 rings (SSSR count). The minimum absolute atomic E-state index is 0.00297. The number of benzene rings is 1. The second-order valence-corrected chi connectivity index (χ2v) is 5.02. The van der Waals surface area contributed by atoms with Crippen LogP contribution in [0.1, 0.15) is 12.0 Å². The minimum Gasteiger partial charge on any atom is -0.493 e. The largest absolute Gasteiger partial charge is 0.493 e. The first-order valence-corrected chi connectivity index (χ1v) is 6.86. The number of methoxy groups -OCH3 is 2. The summed E-state index contributed by atoms with van der Waals surface area (Å²) >= 11 is 0. The van der Waals surface area contributed by atoms with Gasteiger partial charge >= 0.3 is 0 Å². The number of aliphatic hydroxyl groups is 1. The number of Topliss-reactive ketones (excluding diaryl/α,β-unsaturated/α-hetero) is 1. The molecule has 5 nitrogen and oxygen atoms in total. The Morgan fingerprint density at radius 1 is 1.18 bits per heavy atom. The standard InChI is InChI=1S/C17H16O5/c1-20-12-9-6-10-17(19)15(18)14(21-2)13(22-16(12)17)11-7-4-3-5-8-11/h3-9,19H,10H2,1-2H3. The van der Waals surface area contributed by atoms with E-state index in [-0.39, 0.29) is 23.7 Å². The highest BCUT2D eigenvalue weighted by Gasteiger charge is 2.51. The molecule has 1 heterocycles. The molecule has 114 valence electrons. The molecule has 1 aromatic carbocycles. The molecule has 0 radical (unpaired) electrons. The van der Waals surface area contributed by atoms with Gasteiger partial charge in [0.05, 0.1) is 14.2 Å². The lowest BCUT2D eigenvalue weighted by molar-refractivity contribution is -0.138. The lowest BCUT2D eigenvalue weighted by Gasteiger charge is -2.36. The van der Waals surface area contributed by atoms with Gasteiger partial charge in [-0.2, -0.15) is 0 Å². The molecule has 0 aromatic heterocycles.